The second kappa shape index (κ2) is 9.71. The Kier molecular flexibility index (Phi) is 6.43. The Morgan fingerprint density at radius 3 is 2.46 bits per heavy atom. The number of benzene rings is 3. The maximum absolute atomic E-state index is 14.0. The van der Waals surface area contributed by atoms with Gasteiger partial charge in [0.2, 0.25) is 0 Å². The van der Waals surface area contributed by atoms with Crippen molar-refractivity contribution in [1.29, 1.82) is 0 Å². The summed E-state index contributed by atoms with van der Waals surface area (Å²) in [6, 6.07) is 16.5. The van der Waals surface area contributed by atoms with Gasteiger partial charge in [0.15, 0.2) is 10.6 Å². The van der Waals surface area contributed by atoms with Gasteiger partial charge in [0, 0.05) is 28.5 Å². The first-order valence-corrected chi connectivity index (χ1v) is 12.5. The third kappa shape index (κ3) is 4.13. The Labute approximate surface area is 217 Å². The van der Waals surface area contributed by atoms with Crippen LogP contribution in [0.5, 0.6) is 17.2 Å². The molecule has 0 saturated heterocycles. The second-order valence-corrected chi connectivity index (χ2v) is 9.66. The van der Waals surface area contributed by atoms with Crippen LogP contribution in [0.4, 0.5) is 0 Å². The molecule has 2 heterocycles. The number of hydrogen-bond acceptors (Lipinski definition) is 7. The Morgan fingerprint density at radius 1 is 1.00 bits per heavy atom. The SMILES string of the molecule is COc1ccc(/C=c2\sc3n(c2=O)[C@H](c2c(OC)ccc4ccccc24)C(C(C)=O)=C(C)N=3)c(OC)c1. The second-order valence-electron chi connectivity index (χ2n) is 8.65. The summed E-state index contributed by atoms with van der Waals surface area (Å²) in [6.45, 7) is 3.32. The molecule has 4 aromatic rings. The summed E-state index contributed by atoms with van der Waals surface area (Å²) in [5.41, 5.74) is 2.30. The van der Waals surface area contributed by atoms with Crippen molar-refractivity contribution in [3.63, 3.8) is 0 Å². The maximum Gasteiger partial charge on any atom is 0.271 e. The van der Waals surface area contributed by atoms with E-state index in [2.05, 4.69) is 4.99 Å². The first-order valence-electron chi connectivity index (χ1n) is 11.7. The van der Waals surface area contributed by atoms with Gasteiger partial charge in [-0.2, -0.15) is 0 Å². The molecule has 7 nitrogen and oxygen atoms in total. The van der Waals surface area contributed by atoms with Gasteiger partial charge >= 0.3 is 0 Å². The fraction of sp³-hybridized carbons (Fsp3) is 0.207. The summed E-state index contributed by atoms with van der Waals surface area (Å²) in [5.74, 6) is 1.69. The van der Waals surface area contributed by atoms with Crippen LogP contribution in [0.1, 0.15) is 31.0 Å². The van der Waals surface area contributed by atoms with E-state index in [1.54, 1.807) is 38.0 Å². The minimum atomic E-state index is -0.685. The zero-order valence-corrected chi connectivity index (χ0v) is 22.0. The highest BCUT2D eigenvalue weighted by Gasteiger charge is 2.33. The number of ether oxygens (including phenoxy) is 3. The Bertz CT molecular complexity index is 1760. The summed E-state index contributed by atoms with van der Waals surface area (Å²) in [4.78, 5) is 32.2. The fourth-order valence-corrected chi connectivity index (χ4v) is 5.90. The first kappa shape index (κ1) is 24.5. The average molecular weight is 515 g/mol. The van der Waals surface area contributed by atoms with Crippen molar-refractivity contribution in [1.82, 2.24) is 4.57 Å². The maximum atomic E-state index is 14.0. The smallest absolute Gasteiger partial charge is 0.271 e. The lowest BCUT2D eigenvalue weighted by Gasteiger charge is -2.27. The van der Waals surface area contributed by atoms with Crippen molar-refractivity contribution in [2.75, 3.05) is 21.3 Å². The van der Waals surface area contributed by atoms with Crippen LogP contribution in [0.3, 0.4) is 0 Å². The number of fused-ring (bicyclic) bond motifs is 2. The van der Waals surface area contributed by atoms with Crippen molar-refractivity contribution in [2.24, 2.45) is 4.99 Å². The zero-order valence-electron chi connectivity index (χ0n) is 21.2. The van der Waals surface area contributed by atoms with Gasteiger partial charge < -0.3 is 14.2 Å². The number of carbonyl (C=O) groups excluding carboxylic acids is 1. The van der Waals surface area contributed by atoms with Crippen LogP contribution in [0, 0.1) is 0 Å². The van der Waals surface area contributed by atoms with Gasteiger partial charge in [0.1, 0.15) is 17.2 Å². The molecule has 0 saturated carbocycles. The Morgan fingerprint density at radius 2 is 1.76 bits per heavy atom. The topological polar surface area (TPSA) is 79.1 Å². The summed E-state index contributed by atoms with van der Waals surface area (Å²) >= 11 is 1.28. The molecule has 8 heteroatoms. The summed E-state index contributed by atoms with van der Waals surface area (Å²) in [6.07, 6.45) is 1.78. The normalized spacial score (nSPS) is 15.4. The number of hydrogen-bond donors (Lipinski definition) is 0. The van der Waals surface area contributed by atoms with Crippen LogP contribution in [0.15, 0.2) is 75.7 Å². The van der Waals surface area contributed by atoms with Crippen LogP contribution in [-0.2, 0) is 4.79 Å². The Balaban J connectivity index is 1.83. The molecule has 0 N–H and O–H groups in total. The summed E-state index contributed by atoms with van der Waals surface area (Å²) in [7, 11) is 4.75. The number of carbonyl (C=O) groups is 1. The van der Waals surface area contributed by atoms with E-state index in [-0.39, 0.29) is 11.3 Å². The van der Waals surface area contributed by atoms with Crippen molar-refractivity contribution in [2.45, 2.75) is 19.9 Å². The molecule has 188 valence electrons. The number of rotatable bonds is 6. The number of Topliss-reactive ketones (excluding diaryl/α,β-unsaturated/α-hetero) is 1. The number of methoxy groups -OCH3 is 3. The zero-order chi connectivity index (χ0) is 26.3. The molecule has 0 spiro atoms. The third-order valence-corrected chi connectivity index (χ3v) is 7.54. The largest absolute Gasteiger partial charge is 0.497 e. The number of ketones is 1. The molecule has 0 radical (unpaired) electrons. The van der Waals surface area contributed by atoms with Gasteiger partial charge in [-0.25, -0.2) is 4.99 Å². The highest BCUT2D eigenvalue weighted by atomic mass is 32.1. The van der Waals surface area contributed by atoms with E-state index in [0.717, 1.165) is 21.9 Å². The minimum absolute atomic E-state index is 0.146. The molecule has 0 aliphatic carbocycles. The quantitative estimate of drug-likeness (QED) is 0.389. The fourth-order valence-electron chi connectivity index (χ4n) is 4.86. The molecule has 1 aliphatic rings. The lowest BCUT2D eigenvalue weighted by Crippen LogP contribution is -2.39. The molecule has 1 aliphatic heterocycles. The van der Waals surface area contributed by atoms with Gasteiger partial charge in [-0.05, 0) is 48.9 Å². The molecule has 0 bridgehead atoms. The third-order valence-electron chi connectivity index (χ3n) is 6.55. The molecule has 1 atom stereocenters. The molecule has 5 rings (SSSR count). The van der Waals surface area contributed by atoms with Gasteiger partial charge in [0.25, 0.3) is 5.56 Å². The molecular weight excluding hydrogens is 488 g/mol. The number of allylic oxidation sites excluding steroid dienone is 2. The lowest BCUT2D eigenvalue weighted by atomic mass is 9.89. The van der Waals surface area contributed by atoms with Gasteiger partial charge in [0.05, 0.1) is 31.9 Å². The monoisotopic (exact) mass is 514 g/mol. The van der Waals surface area contributed by atoms with Crippen molar-refractivity contribution < 1.29 is 19.0 Å². The van der Waals surface area contributed by atoms with Crippen LogP contribution in [0.25, 0.3) is 16.8 Å². The molecular formula is C29H26N2O5S. The van der Waals surface area contributed by atoms with Crippen LogP contribution < -0.4 is 29.1 Å². The van der Waals surface area contributed by atoms with E-state index in [0.29, 0.717) is 37.9 Å². The Hall–Kier alpha value is -4.17. The van der Waals surface area contributed by atoms with E-state index >= 15 is 0 Å². The standard InChI is InChI=1S/C29H26N2O5S/c1-16-25(17(2)32)27(26-21-9-7-6-8-18(21)11-13-22(26)35-4)31-28(33)24(37-29(31)30-16)14-19-10-12-20(34-3)15-23(19)36-5/h6-15,27H,1-5H3/b24-14-/t27-/m0/s1. The van der Waals surface area contributed by atoms with E-state index in [1.165, 1.54) is 18.3 Å². The van der Waals surface area contributed by atoms with Crippen LogP contribution in [0.2, 0.25) is 0 Å². The molecule has 37 heavy (non-hydrogen) atoms. The van der Waals surface area contributed by atoms with E-state index in [1.807, 2.05) is 55.5 Å². The van der Waals surface area contributed by atoms with E-state index in [4.69, 9.17) is 14.2 Å². The predicted molar refractivity (Wildman–Crippen MR) is 144 cm³/mol. The van der Waals surface area contributed by atoms with Crippen molar-refractivity contribution in [3.05, 3.63) is 96.7 Å². The highest BCUT2D eigenvalue weighted by molar-refractivity contribution is 7.07. The molecule has 3 aromatic carbocycles. The number of thiazole rings is 1. The van der Waals surface area contributed by atoms with Gasteiger partial charge in [-0.3, -0.25) is 14.2 Å². The predicted octanol–water partition coefficient (Wildman–Crippen LogP) is 4.00. The van der Waals surface area contributed by atoms with E-state index in [9.17, 15) is 9.59 Å². The lowest BCUT2D eigenvalue weighted by molar-refractivity contribution is -0.114. The number of nitrogens with zero attached hydrogens (tertiary/aromatic N) is 2. The average Bonchev–Trinajstić information content (AvgIpc) is 3.21. The summed E-state index contributed by atoms with van der Waals surface area (Å²) in [5, 5.41) is 1.90. The molecule has 0 unspecified atom stereocenters. The van der Waals surface area contributed by atoms with Crippen molar-refractivity contribution >= 4 is 34.0 Å². The number of aromatic nitrogens is 1. The first-order chi connectivity index (χ1) is 17.9. The van der Waals surface area contributed by atoms with E-state index < -0.39 is 6.04 Å². The minimum Gasteiger partial charge on any atom is -0.497 e. The van der Waals surface area contributed by atoms with Crippen LogP contribution >= 0.6 is 11.3 Å². The van der Waals surface area contributed by atoms with Gasteiger partial charge in [-0.1, -0.05) is 41.7 Å². The van der Waals surface area contributed by atoms with Crippen LogP contribution in [-0.4, -0.2) is 31.7 Å². The van der Waals surface area contributed by atoms with Gasteiger partial charge in [-0.15, -0.1) is 0 Å². The summed E-state index contributed by atoms with van der Waals surface area (Å²) < 4.78 is 18.7. The van der Waals surface area contributed by atoms with Crippen molar-refractivity contribution in [3.8, 4) is 17.2 Å². The molecule has 1 aromatic heterocycles. The highest BCUT2D eigenvalue weighted by Crippen LogP contribution is 2.40. The molecule has 0 fully saturated rings. The molecule has 0 amide bonds.